The quantitative estimate of drug-likeness (QED) is 0.331. The highest BCUT2D eigenvalue weighted by Crippen LogP contribution is 2.39. The molecule has 2 aromatic rings. The molecule has 4 aliphatic rings. The summed E-state index contributed by atoms with van der Waals surface area (Å²) in [6.45, 7) is 2.68. The molecule has 2 unspecified atom stereocenters. The molecule has 2 fully saturated rings. The average Bonchev–Trinajstić information content (AvgIpc) is 3.17. The van der Waals surface area contributed by atoms with Crippen molar-refractivity contribution >= 4 is 23.4 Å². The van der Waals surface area contributed by atoms with Crippen molar-refractivity contribution in [2.24, 2.45) is 5.92 Å². The fraction of sp³-hybridized carbons (Fsp3) is 0.400. The molecule has 2 heterocycles. The molecule has 0 bridgehead atoms. The molecule has 2 aromatic carbocycles. The van der Waals surface area contributed by atoms with Crippen LogP contribution in [0.5, 0.6) is 0 Å². The molecule has 2 aliphatic carbocycles. The Kier molecular flexibility index (Phi) is 11.1. The molecule has 2 N–H and O–H groups in total. The third kappa shape index (κ3) is 8.22. The van der Waals surface area contributed by atoms with Crippen LogP contribution in [0.2, 0.25) is 0 Å². The average molecular weight is 715 g/mol. The number of nitrogens with zero attached hydrogens (tertiary/aromatic N) is 3. The van der Waals surface area contributed by atoms with Crippen LogP contribution in [-0.2, 0) is 20.5 Å². The number of carbonyl (C=O) groups excluding carboxylic acids is 3. The van der Waals surface area contributed by atoms with Crippen LogP contribution >= 0.6 is 0 Å². The summed E-state index contributed by atoms with van der Waals surface area (Å²) in [7, 11) is 0. The molecule has 2 aliphatic heterocycles. The van der Waals surface area contributed by atoms with E-state index in [1.54, 1.807) is 21.9 Å². The van der Waals surface area contributed by atoms with Crippen LogP contribution in [0.25, 0.3) is 0 Å². The Labute approximate surface area is 300 Å². The lowest BCUT2D eigenvalue weighted by atomic mass is 9.74. The van der Waals surface area contributed by atoms with Gasteiger partial charge in [-0.3, -0.25) is 14.4 Å². The van der Waals surface area contributed by atoms with Crippen molar-refractivity contribution in [2.45, 2.75) is 56.2 Å². The van der Waals surface area contributed by atoms with Gasteiger partial charge in [0.2, 0.25) is 0 Å². The largest absolute Gasteiger partial charge is 0.417 e. The topological polar surface area (TPSA) is 123 Å². The van der Waals surface area contributed by atoms with E-state index in [-0.39, 0.29) is 29.8 Å². The van der Waals surface area contributed by atoms with Gasteiger partial charge in [0.05, 0.1) is 30.4 Å². The van der Waals surface area contributed by atoms with E-state index < -0.39 is 34.7 Å². The lowest BCUT2D eigenvalue weighted by molar-refractivity contribution is -0.144. The number of amides is 3. The Morgan fingerprint density at radius 1 is 0.923 bits per heavy atom. The third-order valence-corrected chi connectivity index (χ3v) is 10.3. The molecule has 12 heteroatoms. The first-order valence-electron chi connectivity index (χ1n) is 17.6. The summed E-state index contributed by atoms with van der Waals surface area (Å²) in [5.41, 5.74) is -1.20. The zero-order chi connectivity index (χ0) is 36.9. The Morgan fingerprint density at radius 2 is 1.63 bits per heavy atom. The summed E-state index contributed by atoms with van der Waals surface area (Å²) in [6.07, 6.45) is 9.38. The van der Waals surface area contributed by atoms with E-state index in [1.807, 2.05) is 48.6 Å². The second-order valence-corrected chi connectivity index (χ2v) is 13.6. The first kappa shape index (κ1) is 36.8. The SMILES string of the molecule is N#Cc1ccc(NC(=O)C(O)(CC2=CC(c3ccc(C(=O)N4CCOCC4)cc3)CC=C2)C2CCN(C(=O)C3=CCCC=C3)CC2)cc1C(F)(F)F. The van der Waals surface area contributed by atoms with Gasteiger partial charge >= 0.3 is 6.18 Å². The van der Waals surface area contributed by atoms with E-state index in [9.17, 15) is 37.9 Å². The molecule has 9 nitrogen and oxygen atoms in total. The molecule has 3 amide bonds. The van der Waals surface area contributed by atoms with Gasteiger partial charge < -0.3 is 25.0 Å². The second-order valence-electron chi connectivity index (χ2n) is 13.6. The zero-order valence-corrected chi connectivity index (χ0v) is 28.7. The van der Waals surface area contributed by atoms with Gasteiger partial charge in [0.25, 0.3) is 17.7 Å². The fourth-order valence-electron chi connectivity index (χ4n) is 7.35. The lowest BCUT2D eigenvalue weighted by Gasteiger charge is -2.41. The second kappa shape index (κ2) is 15.7. The number of ether oxygens (including phenoxy) is 1. The number of halogens is 3. The van der Waals surface area contributed by atoms with Crippen LogP contribution in [-0.4, -0.2) is 77.6 Å². The van der Waals surface area contributed by atoms with Crippen molar-refractivity contribution in [1.29, 1.82) is 5.26 Å². The van der Waals surface area contributed by atoms with Crippen molar-refractivity contribution in [1.82, 2.24) is 9.80 Å². The molecule has 2 atom stereocenters. The number of nitrogens with one attached hydrogen (secondary N) is 1. The van der Waals surface area contributed by atoms with Crippen LogP contribution in [0.1, 0.15) is 71.5 Å². The van der Waals surface area contributed by atoms with Crippen LogP contribution in [0.4, 0.5) is 18.9 Å². The number of rotatable bonds is 8. The number of allylic oxidation sites excluding steroid dienone is 5. The van der Waals surface area contributed by atoms with Gasteiger partial charge in [0.15, 0.2) is 0 Å². The zero-order valence-electron chi connectivity index (χ0n) is 28.7. The van der Waals surface area contributed by atoms with E-state index in [2.05, 4.69) is 5.32 Å². The van der Waals surface area contributed by atoms with E-state index in [0.717, 1.165) is 24.5 Å². The third-order valence-electron chi connectivity index (χ3n) is 10.3. The molecule has 0 spiro atoms. The molecule has 0 aromatic heterocycles. The van der Waals surface area contributed by atoms with Gasteiger partial charge in [-0.15, -0.1) is 0 Å². The summed E-state index contributed by atoms with van der Waals surface area (Å²) in [5, 5.41) is 24.1. The highest BCUT2D eigenvalue weighted by Gasteiger charge is 2.46. The minimum atomic E-state index is -4.83. The molecular formula is C40H41F3N4O5. The highest BCUT2D eigenvalue weighted by molar-refractivity contribution is 5.98. The maximum Gasteiger partial charge on any atom is 0.417 e. The Hall–Kier alpha value is -4.99. The minimum absolute atomic E-state index is 0.0602. The Bertz CT molecular complexity index is 1850. The predicted molar refractivity (Wildman–Crippen MR) is 188 cm³/mol. The normalized spacial score (nSPS) is 20.7. The predicted octanol–water partition coefficient (Wildman–Crippen LogP) is 6.29. The molecular weight excluding hydrogens is 673 g/mol. The monoisotopic (exact) mass is 714 g/mol. The lowest BCUT2D eigenvalue weighted by Crippen LogP contribution is -2.53. The molecule has 52 heavy (non-hydrogen) atoms. The van der Waals surface area contributed by atoms with Gasteiger partial charge in [-0.05, 0) is 73.6 Å². The molecule has 6 rings (SSSR count). The standard InChI is InChI=1S/C40H41F3N4O5/c41-40(42,43)35-24-34(14-13-32(35)26-44)45-38(50)39(51,33-15-17-46(18-16-33)36(48)29-6-2-1-3-7-29)25-27-5-4-8-31(23-27)28-9-11-30(12-10-28)37(49)47-19-21-52-22-20-47/h2,4-7,9-14,23-24,31,33,51H,1,3,8,15-22,25H2,(H,45,50). The molecule has 2 saturated heterocycles. The highest BCUT2D eigenvalue weighted by atomic mass is 19.4. The van der Waals surface area contributed by atoms with Gasteiger partial charge in [0.1, 0.15) is 5.60 Å². The van der Waals surface area contributed by atoms with E-state index in [0.29, 0.717) is 81.4 Å². The number of anilines is 1. The Morgan fingerprint density at radius 3 is 2.29 bits per heavy atom. The first-order chi connectivity index (χ1) is 25.0. The number of hydrogen-bond donors (Lipinski definition) is 2. The summed E-state index contributed by atoms with van der Waals surface area (Å²) < 4.78 is 46.6. The first-order valence-corrected chi connectivity index (χ1v) is 17.6. The maximum absolute atomic E-state index is 14.1. The number of nitriles is 1. The number of hydrogen-bond acceptors (Lipinski definition) is 6. The van der Waals surface area contributed by atoms with Crippen LogP contribution in [0, 0.1) is 17.2 Å². The van der Waals surface area contributed by atoms with Gasteiger partial charge in [-0.25, -0.2) is 0 Å². The fourth-order valence-corrected chi connectivity index (χ4v) is 7.35. The van der Waals surface area contributed by atoms with E-state index >= 15 is 0 Å². The number of aliphatic hydroxyl groups is 1. The van der Waals surface area contributed by atoms with Crippen molar-refractivity contribution in [2.75, 3.05) is 44.7 Å². The maximum atomic E-state index is 14.1. The number of piperidine rings is 1. The van der Waals surface area contributed by atoms with Crippen LogP contribution < -0.4 is 5.32 Å². The summed E-state index contributed by atoms with van der Waals surface area (Å²) in [5.74, 6) is -1.76. The molecule has 0 saturated carbocycles. The van der Waals surface area contributed by atoms with Crippen molar-refractivity contribution < 1.29 is 37.4 Å². The molecule has 272 valence electrons. The minimum Gasteiger partial charge on any atom is -0.379 e. The van der Waals surface area contributed by atoms with Crippen molar-refractivity contribution in [3.8, 4) is 6.07 Å². The summed E-state index contributed by atoms with van der Waals surface area (Å²) >= 11 is 0. The number of benzene rings is 2. The van der Waals surface area contributed by atoms with Crippen molar-refractivity contribution in [3.05, 3.63) is 112 Å². The Balaban J connectivity index is 1.23. The molecule has 0 radical (unpaired) electrons. The van der Waals surface area contributed by atoms with Crippen molar-refractivity contribution in [3.63, 3.8) is 0 Å². The number of likely N-dealkylation sites (tertiary alicyclic amines) is 1. The summed E-state index contributed by atoms with van der Waals surface area (Å²) in [6, 6.07) is 11.8. The van der Waals surface area contributed by atoms with E-state index in [1.165, 1.54) is 12.1 Å². The smallest absolute Gasteiger partial charge is 0.379 e. The van der Waals surface area contributed by atoms with E-state index in [4.69, 9.17) is 4.74 Å². The number of morpholine rings is 1. The van der Waals surface area contributed by atoms with Gasteiger partial charge in [0, 0.05) is 61.3 Å². The van der Waals surface area contributed by atoms with Crippen LogP contribution in [0.15, 0.2) is 90.1 Å². The summed E-state index contributed by atoms with van der Waals surface area (Å²) in [4.78, 5) is 43.7. The number of alkyl halides is 3. The number of carbonyl (C=O) groups is 3. The van der Waals surface area contributed by atoms with Crippen LogP contribution in [0.3, 0.4) is 0 Å². The van der Waals surface area contributed by atoms with Gasteiger partial charge in [-0.2, -0.15) is 18.4 Å². The van der Waals surface area contributed by atoms with Gasteiger partial charge in [-0.1, -0.05) is 48.6 Å².